The van der Waals surface area contributed by atoms with Gasteiger partial charge in [-0.3, -0.25) is 9.36 Å². The second kappa shape index (κ2) is 6.74. The standard InChI is InChI=1S/C19H19FN4O2/c1-26-15-3-5-18(21-11-15)24-12-22-16-10-13(2-4-17(16)24)19(25)23-8-6-14(20)7-9-23/h2-5,10-12,14H,6-9H2,1H3. The molecule has 0 atom stereocenters. The molecule has 0 bridgehead atoms. The molecule has 0 saturated carbocycles. The Hall–Kier alpha value is -2.96. The number of carbonyl (C=O) groups excluding carboxylic acids is 1. The summed E-state index contributed by atoms with van der Waals surface area (Å²) in [7, 11) is 1.60. The molecule has 0 spiro atoms. The van der Waals surface area contributed by atoms with Crippen molar-refractivity contribution in [3.63, 3.8) is 0 Å². The predicted octanol–water partition coefficient (Wildman–Crippen LogP) is 3.00. The van der Waals surface area contributed by atoms with Crippen molar-refractivity contribution < 1.29 is 13.9 Å². The fourth-order valence-corrected chi connectivity index (χ4v) is 3.20. The molecule has 3 aromatic rings. The fourth-order valence-electron chi connectivity index (χ4n) is 3.20. The lowest BCUT2D eigenvalue weighted by Crippen LogP contribution is -2.39. The zero-order valence-electron chi connectivity index (χ0n) is 14.4. The molecular weight excluding hydrogens is 335 g/mol. The van der Waals surface area contributed by atoms with Crippen molar-refractivity contribution in [2.24, 2.45) is 0 Å². The van der Waals surface area contributed by atoms with Gasteiger partial charge >= 0.3 is 0 Å². The van der Waals surface area contributed by atoms with Crippen LogP contribution in [0.25, 0.3) is 16.9 Å². The van der Waals surface area contributed by atoms with Crippen molar-refractivity contribution in [3.8, 4) is 11.6 Å². The molecule has 1 saturated heterocycles. The zero-order valence-corrected chi connectivity index (χ0v) is 14.4. The number of aromatic nitrogens is 3. The maximum absolute atomic E-state index is 13.3. The van der Waals surface area contributed by atoms with Gasteiger partial charge in [-0.15, -0.1) is 0 Å². The Morgan fingerprint density at radius 3 is 2.69 bits per heavy atom. The average molecular weight is 354 g/mol. The molecule has 3 heterocycles. The van der Waals surface area contributed by atoms with E-state index in [9.17, 15) is 9.18 Å². The van der Waals surface area contributed by atoms with Crippen molar-refractivity contribution in [1.82, 2.24) is 19.4 Å². The second-order valence-corrected chi connectivity index (χ2v) is 6.34. The van der Waals surface area contributed by atoms with Crippen LogP contribution >= 0.6 is 0 Å². The molecule has 1 amide bonds. The van der Waals surface area contributed by atoms with E-state index in [0.717, 1.165) is 11.3 Å². The minimum Gasteiger partial charge on any atom is -0.495 e. The first-order valence-corrected chi connectivity index (χ1v) is 8.56. The van der Waals surface area contributed by atoms with Crippen molar-refractivity contribution in [3.05, 3.63) is 48.4 Å². The van der Waals surface area contributed by atoms with Crippen molar-refractivity contribution in [2.45, 2.75) is 19.0 Å². The molecule has 0 aliphatic carbocycles. The summed E-state index contributed by atoms with van der Waals surface area (Å²) in [6.07, 6.45) is 3.35. The van der Waals surface area contributed by atoms with Gasteiger partial charge < -0.3 is 9.64 Å². The van der Waals surface area contributed by atoms with Crippen LogP contribution < -0.4 is 4.74 Å². The molecule has 0 radical (unpaired) electrons. The number of pyridine rings is 1. The third-order valence-electron chi connectivity index (χ3n) is 4.71. The van der Waals surface area contributed by atoms with Gasteiger partial charge in [-0.1, -0.05) is 0 Å². The van der Waals surface area contributed by atoms with E-state index in [1.54, 1.807) is 36.7 Å². The van der Waals surface area contributed by atoms with Gasteiger partial charge in [-0.25, -0.2) is 14.4 Å². The van der Waals surface area contributed by atoms with E-state index in [0.29, 0.717) is 42.8 Å². The number of fused-ring (bicyclic) bond motifs is 1. The first-order chi connectivity index (χ1) is 12.7. The summed E-state index contributed by atoms with van der Waals surface area (Å²) < 4.78 is 20.3. The van der Waals surface area contributed by atoms with Gasteiger partial charge in [0.15, 0.2) is 0 Å². The van der Waals surface area contributed by atoms with E-state index in [-0.39, 0.29) is 5.91 Å². The minimum atomic E-state index is -0.797. The fraction of sp³-hybridized carbons (Fsp3) is 0.316. The van der Waals surface area contributed by atoms with Gasteiger partial charge in [-0.2, -0.15) is 0 Å². The lowest BCUT2D eigenvalue weighted by Gasteiger charge is -2.28. The molecule has 26 heavy (non-hydrogen) atoms. The molecule has 1 fully saturated rings. The van der Waals surface area contributed by atoms with Crippen LogP contribution in [0.4, 0.5) is 4.39 Å². The van der Waals surface area contributed by atoms with E-state index in [1.165, 1.54) is 0 Å². The molecule has 1 aromatic carbocycles. The first-order valence-electron chi connectivity index (χ1n) is 8.56. The largest absolute Gasteiger partial charge is 0.495 e. The van der Waals surface area contributed by atoms with Crippen LogP contribution in [0.2, 0.25) is 0 Å². The number of benzene rings is 1. The Kier molecular flexibility index (Phi) is 4.28. The van der Waals surface area contributed by atoms with Crippen molar-refractivity contribution in [2.75, 3.05) is 20.2 Å². The van der Waals surface area contributed by atoms with E-state index in [2.05, 4.69) is 9.97 Å². The summed E-state index contributed by atoms with van der Waals surface area (Å²) in [5.74, 6) is 1.33. The van der Waals surface area contributed by atoms with Gasteiger partial charge in [0, 0.05) is 18.7 Å². The number of nitrogens with zero attached hydrogens (tertiary/aromatic N) is 4. The third-order valence-corrected chi connectivity index (χ3v) is 4.71. The van der Waals surface area contributed by atoms with Gasteiger partial charge in [0.25, 0.3) is 5.91 Å². The summed E-state index contributed by atoms with van der Waals surface area (Å²) >= 11 is 0. The number of carbonyl (C=O) groups is 1. The van der Waals surface area contributed by atoms with Crippen LogP contribution in [-0.2, 0) is 0 Å². The van der Waals surface area contributed by atoms with Crippen LogP contribution in [0.1, 0.15) is 23.2 Å². The van der Waals surface area contributed by atoms with Gasteiger partial charge in [-0.05, 0) is 43.2 Å². The summed E-state index contributed by atoms with van der Waals surface area (Å²) in [5, 5.41) is 0. The average Bonchev–Trinajstić information content (AvgIpc) is 3.11. The number of piperidine rings is 1. The summed E-state index contributed by atoms with van der Waals surface area (Å²) in [4.78, 5) is 23.1. The van der Waals surface area contributed by atoms with Crippen LogP contribution in [0.15, 0.2) is 42.9 Å². The Morgan fingerprint density at radius 1 is 1.19 bits per heavy atom. The topological polar surface area (TPSA) is 60.3 Å². The van der Waals surface area contributed by atoms with E-state index >= 15 is 0 Å². The molecule has 4 rings (SSSR count). The number of rotatable bonds is 3. The van der Waals surface area contributed by atoms with E-state index in [1.807, 2.05) is 22.8 Å². The summed E-state index contributed by atoms with van der Waals surface area (Å²) in [6.45, 7) is 0.921. The Bertz CT molecular complexity index is 930. The minimum absolute atomic E-state index is 0.0732. The SMILES string of the molecule is COc1ccc(-n2cnc3cc(C(=O)N4CCC(F)CC4)ccc32)nc1. The Morgan fingerprint density at radius 2 is 2.00 bits per heavy atom. The van der Waals surface area contributed by atoms with Crippen LogP contribution in [0.3, 0.4) is 0 Å². The Labute approximate surface area is 150 Å². The highest BCUT2D eigenvalue weighted by molar-refractivity contribution is 5.97. The quantitative estimate of drug-likeness (QED) is 0.725. The lowest BCUT2D eigenvalue weighted by molar-refractivity contribution is 0.0667. The molecule has 6 nitrogen and oxygen atoms in total. The van der Waals surface area contributed by atoms with Gasteiger partial charge in [0.2, 0.25) is 0 Å². The number of imidazole rings is 1. The van der Waals surface area contributed by atoms with Gasteiger partial charge in [0.1, 0.15) is 24.1 Å². The molecule has 0 unspecified atom stereocenters. The van der Waals surface area contributed by atoms with Crippen LogP contribution in [-0.4, -0.2) is 51.7 Å². The highest BCUT2D eigenvalue weighted by atomic mass is 19.1. The maximum Gasteiger partial charge on any atom is 0.253 e. The summed E-state index contributed by atoms with van der Waals surface area (Å²) in [6, 6.07) is 9.11. The highest BCUT2D eigenvalue weighted by Gasteiger charge is 2.23. The summed E-state index contributed by atoms with van der Waals surface area (Å²) in [5.41, 5.74) is 2.15. The normalized spacial score (nSPS) is 15.4. The number of alkyl halides is 1. The molecule has 1 aliphatic rings. The van der Waals surface area contributed by atoms with E-state index in [4.69, 9.17) is 4.74 Å². The van der Waals surface area contributed by atoms with Crippen molar-refractivity contribution >= 4 is 16.9 Å². The van der Waals surface area contributed by atoms with Gasteiger partial charge in [0.05, 0.1) is 24.3 Å². The number of hydrogen-bond acceptors (Lipinski definition) is 4. The molecule has 2 aromatic heterocycles. The number of hydrogen-bond donors (Lipinski definition) is 0. The maximum atomic E-state index is 13.3. The monoisotopic (exact) mass is 354 g/mol. The molecular formula is C19H19FN4O2. The second-order valence-electron chi connectivity index (χ2n) is 6.34. The van der Waals surface area contributed by atoms with Crippen LogP contribution in [0, 0.1) is 0 Å². The number of methoxy groups -OCH3 is 1. The lowest BCUT2D eigenvalue weighted by atomic mass is 10.1. The number of halogens is 1. The first kappa shape index (κ1) is 16.5. The molecule has 7 heteroatoms. The van der Waals surface area contributed by atoms with E-state index < -0.39 is 6.17 Å². The van der Waals surface area contributed by atoms with Crippen LogP contribution in [0.5, 0.6) is 5.75 Å². The third kappa shape index (κ3) is 3.00. The number of likely N-dealkylation sites (tertiary alicyclic amines) is 1. The zero-order chi connectivity index (χ0) is 18.1. The smallest absolute Gasteiger partial charge is 0.253 e. The molecule has 134 valence electrons. The Balaban J connectivity index is 1.61. The van der Waals surface area contributed by atoms with Crippen molar-refractivity contribution in [1.29, 1.82) is 0 Å². The highest BCUT2D eigenvalue weighted by Crippen LogP contribution is 2.22. The number of amides is 1. The molecule has 0 N–H and O–H groups in total. The molecule has 1 aliphatic heterocycles. The predicted molar refractivity (Wildman–Crippen MR) is 95.5 cm³/mol. The number of ether oxygens (including phenoxy) is 1.